The summed E-state index contributed by atoms with van der Waals surface area (Å²) in [6, 6.07) is 17.4. The second-order valence-corrected chi connectivity index (χ2v) is 5.16. The van der Waals surface area contributed by atoms with Gasteiger partial charge in [-0.25, -0.2) is 0 Å². The van der Waals surface area contributed by atoms with Gasteiger partial charge < -0.3 is 5.32 Å². The van der Waals surface area contributed by atoms with E-state index in [1.165, 1.54) is 5.56 Å². The third-order valence-electron chi connectivity index (χ3n) is 3.53. The predicted molar refractivity (Wildman–Crippen MR) is 83.8 cm³/mol. The van der Waals surface area contributed by atoms with E-state index >= 15 is 0 Å². The summed E-state index contributed by atoms with van der Waals surface area (Å²) in [5.41, 5.74) is 4.01. The summed E-state index contributed by atoms with van der Waals surface area (Å²) in [4.78, 5) is 12.2. The van der Waals surface area contributed by atoms with Gasteiger partial charge in [-0.05, 0) is 49.1 Å². The fourth-order valence-corrected chi connectivity index (χ4v) is 2.10. The van der Waals surface area contributed by atoms with Crippen molar-refractivity contribution in [1.82, 2.24) is 0 Å². The highest BCUT2D eigenvalue weighted by molar-refractivity contribution is 5.94. The molecule has 0 aromatic heterocycles. The van der Waals surface area contributed by atoms with Gasteiger partial charge in [-0.1, -0.05) is 36.4 Å². The van der Waals surface area contributed by atoms with Gasteiger partial charge in [-0.2, -0.15) is 5.26 Å². The van der Waals surface area contributed by atoms with E-state index in [2.05, 4.69) is 11.4 Å². The molecule has 0 heterocycles. The lowest BCUT2D eigenvalue weighted by Crippen LogP contribution is -2.23. The first kappa shape index (κ1) is 14.8. The topological polar surface area (TPSA) is 52.9 Å². The van der Waals surface area contributed by atoms with Gasteiger partial charge in [0.1, 0.15) is 5.92 Å². The highest BCUT2D eigenvalue weighted by Gasteiger charge is 2.18. The predicted octanol–water partition coefficient (Wildman–Crippen LogP) is 3.62. The lowest BCUT2D eigenvalue weighted by atomic mass is 9.99. The summed E-state index contributed by atoms with van der Waals surface area (Å²) in [5, 5.41) is 12.0. The SMILES string of the molecule is Cc1ccc(NC(=O)C(C#N)Cc2ccccc2)cc1C. The van der Waals surface area contributed by atoms with Crippen LogP contribution < -0.4 is 5.32 Å². The molecule has 1 atom stereocenters. The minimum atomic E-state index is -0.686. The molecule has 1 amide bonds. The summed E-state index contributed by atoms with van der Waals surface area (Å²) in [6.07, 6.45) is 0.425. The highest BCUT2D eigenvalue weighted by atomic mass is 16.1. The first-order chi connectivity index (χ1) is 10.1. The number of anilines is 1. The maximum atomic E-state index is 12.2. The van der Waals surface area contributed by atoms with Crippen LogP contribution in [0.4, 0.5) is 5.69 Å². The number of nitrogens with one attached hydrogen (secondary N) is 1. The number of rotatable bonds is 4. The molecular formula is C18H18N2O. The molecule has 0 spiro atoms. The second kappa shape index (κ2) is 6.71. The number of hydrogen-bond donors (Lipinski definition) is 1. The Morgan fingerprint density at radius 2 is 1.86 bits per heavy atom. The Bertz CT molecular complexity index is 671. The van der Waals surface area contributed by atoms with E-state index in [9.17, 15) is 10.1 Å². The van der Waals surface area contributed by atoms with Crippen molar-refractivity contribution in [2.45, 2.75) is 20.3 Å². The van der Waals surface area contributed by atoms with E-state index in [0.29, 0.717) is 6.42 Å². The zero-order chi connectivity index (χ0) is 15.2. The van der Waals surface area contributed by atoms with Crippen LogP contribution in [0.2, 0.25) is 0 Å². The van der Waals surface area contributed by atoms with E-state index in [1.807, 2.05) is 62.4 Å². The summed E-state index contributed by atoms with van der Waals surface area (Å²) in [5.74, 6) is -0.946. The second-order valence-electron chi connectivity index (χ2n) is 5.16. The monoisotopic (exact) mass is 278 g/mol. The largest absolute Gasteiger partial charge is 0.325 e. The maximum Gasteiger partial charge on any atom is 0.242 e. The Labute approximate surface area is 125 Å². The van der Waals surface area contributed by atoms with Gasteiger partial charge >= 0.3 is 0 Å². The molecule has 3 nitrogen and oxygen atoms in total. The summed E-state index contributed by atoms with van der Waals surface area (Å²) >= 11 is 0. The van der Waals surface area contributed by atoms with E-state index in [4.69, 9.17) is 0 Å². The number of amides is 1. The van der Waals surface area contributed by atoms with Crippen LogP contribution in [-0.2, 0) is 11.2 Å². The molecule has 2 aromatic rings. The maximum absolute atomic E-state index is 12.2. The van der Waals surface area contributed by atoms with Gasteiger partial charge in [-0.15, -0.1) is 0 Å². The molecule has 0 saturated carbocycles. The van der Waals surface area contributed by atoms with Gasteiger partial charge in [0.25, 0.3) is 0 Å². The van der Waals surface area contributed by atoms with Gasteiger partial charge in [0, 0.05) is 5.69 Å². The molecule has 3 heteroatoms. The van der Waals surface area contributed by atoms with E-state index in [-0.39, 0.29) is 5.91 Å². The molecule has 0 bridgehead atoms. The summed E-state index contributed by atoms with van der Waals surface area (Å²) < 4.78 is 0. The number of carbonyl (C=O) groups is 1. The Morgan fingerprint density at radius 3 is 2.48 bits per heavy atom. The molecule has 2 aromatic carbocycles. The number of aryl methyl sites for hydroxylation is 2. The molecule has 0 aliphatic carbocycles. The van der Waals surface area contributed by atoms with Crippen molar-refractivity contribution in [2.24, 2.45) is 5.92 Å². The van der Waals surface area contributed by atoms with Crippen molar-refractivity contribution in [1.29, 1.82) is 5.26 Å². The van der Waals surface area contributed by atoms with Crippen LogP contribution in [0.5, 0.6) is 0 Å². The van der Waals surface area contributed by atoms with Crippen molar-refractivity contribution in [3.63, 3.8) is 0 Å². The minimum absolute atomic E-state index is 0.260. The zero-order valence-corrected chi connectivity index (χ0v) is 12.3. The standard InChI is InChI=1S/C18H18N2O/c1-13-8-9-17(10-14(13)2)20-18(21)16(12-19)11-15-6-4-3-5-7-15/h3-10,16H,11H2,1-2H3,(H,20,21). The van der Waals surface area contributed by atoms with E-state index in [0.717, 1.165) is 16.8 Å². The molecule has 0 fully saturated rings. The fraction of sp³-hybridized carbons (Fsp3) is 0.222. The Kier molecular flexibility index (Phi) is 4.73. The van der Waals surface area contributed by atoms with Gasteiger partial charge in [0.05, 0.1) is 6.07 Å². The number of benzene rings is 2. The first-order valence-corrected chi connectivity index (χ1v) is 6.92. The van der Waals surface area contributed by atoms with Crippen molar-refractivity contribution in [3.8, 4) is 6.07 Å². The fourth-order valence-electron chi connectivity index (χ4n) is 2.10. The molecule has 2 rings (SSSR count). The molecule has 0 aliphatic rings. The molecular weight excluding hydrogens is 260 g/mol. The number of nitrogens with zero attached hydrogens (tertiary/aromatic N) is 1. The number of hydrogen-bond acceptors (Lipinski definition) is 2. The van der Waals surface area contributed by atoms with Crippen molar-refractivity contribution < 1.29 is 4.79 Å². The van der Waals surface area contributed by atoms with Crippen LogP contribution in [0.3, 0.4) is 0 Å². The molecule has 1 unspecified atom stereocenters. The summed E-state index contributed by atoms with van der Waals surface area (Å²) in [7, 11) is 0. The third-order valence-corrected chi connectivity index (χ3v) is 3.53. The quantitative estimate of drug-likeness (QED) is 0.928. The van der Waals surface area contributed by atoms with Crippen molar-refractivity contribution in [2.75, 3.05) is 5.32 Å². The zero-order valence-electron chi connectivity index (χ0n) is 12.3. The Hall–Kier alpha value is -2.60. The number of carbonyl (C=O) groups excluding carboxylic acids is 1. The normalized spacial score (nSPS) is 11.5. The molecule has 1 N–H and O–H groups in total. The minimum Gasteiger partial charge on any atom is -0.325 e. The van der Waals surface area contributed by atoms with Crippen LogP contribution >= 0.6 is 0 Å². The lowest BCUT2D eigenvalue weighted by Gasteiger charge is -2.11. The Morgan fingerprint density at radius 1 is 1.14 bits per heavy atom. The van der Waals surface area contributed by atoms with E-state index < -0.39 is 5.92 Å². The first-order valence-electron chi connectivity index (χ1n) is 6.92. The highest BCUT2D eigenvalue weighted by Crippen LogP contribution is 2.16. The van der Waals surface area contributed by atoms with Gasteiger partial charge in [-0.3, -0.25) is 4.79 Å². The van der Waals surface area contributed by atoms with Gasteiger partial charge in [0.15, 0.2) is 0 Å². The Balaban J connectivity index is 2.07. The van der Waals surface area contributed by atoms with Crippen LogP contribution in [0.15, 0.2) is 48.5 Å². The molecule has 0 saturated heterocycles. The average molecular weight is 278 g/mol. The third kappa shape index (κ3) is 3.93. The van der Waals surface area contributed by atoms with Crippen LogP contribution in [0.25, 0.3) is 0 Å². The van der Waals surface area contributed by atoms with Gasteiger partial charge in [0.2, 0.25) is 5.91 Å². The van der Waals surface area contributed by atoms with Crippen molar-refractivity contribution >= 4 is 11.6 Å². The molecule has 21 heavy (non-hydrogen) atoms. The average Bonchev–Trinajstić information content (AvgIpc) is 2.49. The van der Waals surface area contributed by atoms with Crippen LogP contribution in [-0.4, -0.2) is 5.91 Å². The smallest absolute Gasteiger partial charge is 0.242 e. The molecule has 0 aliphatic heterocycles. The summed E-state index contributed by atoms with van der Waals surface area (Å²) in [6.45, 7) is 4.02. The van der Waals surface area contributed by atoms with E-state index in [1.54, 1.807) is 0 Å². The molecule has 0 radical (unpaired) electrons. The van der Waals surface area contributed by atoms with Crippen LogP contribution in [0, 0.1) is 31.1 Å². The van der Waals surface area contributed by atoms with Crippen LogP contribution in [0.1, 0.15) is 16.7 Å². The molecule has 106 valence electrons. The van der Waals surface area contributed by atoms with Crippen molar-refractivity contribution in [3.05, 3.63) is 65.2 Å². The lowest BCUT2D eigenvalue weighted by molar-refractivity contribution is -0.118. The number of nitriles is 1.